The van der Waals surface area contributed by atoms with E-state index in [9.17, 15) is 0 Å². The number of hydrogen-bond acceptors (Lipinski definition) is 3. The number of rotatable bonds is 4. The second-order valence-electron chi connectivity index (χ2n) is 6.09. The Morgan fingerprint density at radius 1 is 1.38 bits per heavy atom. The van der Waals surface area contributed by atoms with Gasteiger partial charge in [-0.05, 0) is 38.8 Å². The SMILES string of the molecule is CC1CCCC(C(NN)C(C)C)(N(C)C)C1. The van der Waals surface area contributed by atoms with Gasteiger partial charge >= 0.3 is 0 Å². The summed E-state index contributed by atoms with van der Waals surface area (Å²) in [6.07, 6.45) is 5.21. The molecule has 3 N–H and O–H groups in total. The van der Waals surface area contributed by atoms with E-state index in [1.54, 1.807) is 0 Å². The third-order valence-electron chi connectivity index (χ3n) is 4.32. The van der Waals surface area contributed by atoms with Gasteiger partial charge in [-0.1, -0.05) is 33.6 Å². The van der Waals surface area contributed by atoms with Crippen molar-refractivity contribution in [1.82, 2.24) is 10.3 Å². The second-order valence-corrected chi connectivity index (χ2v) is 6.09. The Labute approximate surface area is 101 Å². The molecule has 1 aliphatic carbocycles. The van der Waals surface area contributed by atoms with Crippen LogP contribution in [0.3, 0.4) is 0 Å². The molecular formula is C13H29N3. The highest BCUT2D eigenvalue weighted by atomic mass is 15.3. The summed E-state index contributed by atoms with van der Waals surface area (Å²) < 4.78 is 0. The third-order valence-corrected chi connectivity index (χ3v) is 4.32. The zero-order chi connectivity index (χ0) is 12.3. The maximum atomic E-state index is 5.80. The van der Waals surface area contributed by atoms with E-state index in [1.807, 2.05) is 0 Å². The summed E-state index contributed by atoms with van der Waals surface area (Å²) in [5.74, 6) is 7.17. The Morgan fingerprint density at radius 3 is 2.38 bits per heavy atom. The smallest absolute Gasteiger partial charge is 0.0417 e. The Morgan fingerprint density at radius 2 is 2.00 bits per heavy atom. The summed E-state index contributed by atoms with van der Waals surface area (Å²) in [4.78, 5) is 2.40. The quantitative estimate of drug-likeness (QED) is 0.570. The van der Waals surface area contributed by atoms with E-state index in [-0.39, 0.29) is 5.54 Å². The first-order valence-electron chi connectivity index (χ1n) is 6.57. The summed E-state index contributed by atoms with van der Waals surface area (Å²) in [5, 5.41) is 0. The molecule has 3 nitrogen and oxygen atoms in total. The first-order valence-corrected chi connectivity index (χ1v) is 6.57. The van der Waals surface area contributed by atoms with Crippen molar-refractivity contribution in [1.29, 1.82) is 0 Å². The molecule has 1 rings (SSSR count). The van der Waals surface area contributed by atoms with Crippen LogP contribution in [-0.2, 0) is 0 Å². The van der Waals surface area contributed by atoms with Crippen molar-refractivity contribution in [2.24, 2.45) is 17.7 Å². The molecule has 0 aromatic heterocycles. The Hall–Kier alpha value is -0.120. The minimum atomic E-state index is 0.237. The van der Waals surface area contributed by atoms with E-state index in [4.69, 9.17) is 5.84 Å². The summed E-state index contributed by atoms with van der Waals surface area (Å²) in [7, 11) is 4.40. The molecule has 3 atom stereocenters. The second kappa shape index (κ2) is 5.48. The summed E-state index contributed by atoms with van der Waals surface area (Å²) in [5.41, 5.74) is 3.31. The van der Waals surface area contributed by atoms with Crippen molar-refractivity contribution in [2.75, 3.05) is 14.1 Å². The number of hydrogen-bond donors (Lipinski definition) is 2. The highest BCUT2D eigenvalue weighted by Gasteiger charge is 2.44. The molecule has 0 aliphatic heterocycles. The number of likely N-dealkylation sites (N-methyl/N-ethyl adjacent to an activating group) is 1. The molecule has 1 aliphatic rings. The molecule has 3 unspecified atom stereocenters. The summed E-state index contributed by atoms with van der Waals surface area (Å²) in [6, 6.07) is 0.380. The van der Waals surface area contributed by atoms with Gasteiger partial charge in [0.15, 0.2) is 0 Å². The van der Waals surface area contributed by atoms with Crippen LogP contribution >= 0.6 is 0 Å². The first-order chi connectivity index (χ1) is 7.44. The van der Waals surface area contributed by atoms with Crippen LogP contribution in [-0.4, -0.2) is 30.6 Å². The van der Waals surface area contributed by atoms with E-state index in [1.165, 1.54) is 25.7 Å². The van der Waals surface area contributed by atoms with Crippen LogP contribution in [0.2, 0.25) is 0 Å². The minimum Gasteiger partial charge on any atom is -0.302 e. The van der Waals surface area contributed by atoms with Crippen molar-refractivity contribution in [3.05, 3.63) is 0 Å². The molecule has 0 spiro atoms. The molecule has 0 radical (unpaired) electrons. The molecular weight excluding hydrogens is 198 g/mol. The highest BCUT2D eigenvalue weighted by molar-refractivity contribution is 5.02. The van der Waals surface area contributed by atoms with Gasteiger partial charge in [-0.15, -0.1) is 0 Å². The summed E-state index contributed by atoms with van der Waals surface area (Å²) >= 11 is 0. The number of nitrogens with zero attached hydrogens (tertiary/aromatic N) is 1. The number of hydrazine groups is 1. The van der Waals surface area contributed by atoms with Crippen molar-refractivity contribution >= 4 is 0 Å². The predicted molar refractivity (Wildman–Crippen MR) is 70.0 cm³/mol. The fraction of sp³-hybridized carbons (Fsp3) is 1.00. The maximum Gasteiger partial charge on any atom is 0.0417 e. The average Bonchev–Trinajstić information content (AvgIpc) is 2.17. The average molecular weight is 227 g/mol. The van der Waals surface area contributed by atoms with Gasteiger partial charge in [0.25, 0.3) is 0 Å². The van der Waals surface area contributed by atoms with Crippen LogP contribution in [0.4, 0.5) is 0 Å². The molecule has 96 valence electrons. The van der Waals surface area contributed by atoms with Crippen molar-refractivity contribution in [2.45, 2.75) is 58.0 Å². The fourth-order valence-electron chi connectivity index (χ4n) is 3.50. The Kier molecular flexibility index (Phi) is 4.77. The van der Waals surface area contributed by atoms with Gasteiger partial charge < -0.3 is 4.90 Å². The zero-order valence-electron chi connectivity index (χ0n) is 11.6. The first kappa shape index (κ1) is 13.9. The summed E-state index contributed by atoms with van der Waals surface area (Å²) in [6.45, 7) is 6.88. The van der Waals surface area contributed by atoms with Gasteiger partial charge in [0.05, 0.1) is 0 Å². The zero-order valence-corrected chi connectivity index (χ0v) is 11.6. The normalized spacial score (nSPS) is 33.4. The van der Waals surface area contributed by atoms with E-state index >= 15 is 0 Å². The lowest BCUT2D eigenvalue weighted by Crippen LogP contribution is -2.64. The monoisotopic (exact) mass is 227 g/mol. The van der Waals surface area contributed by atoms with E-state index in [0.29, 0.717) is 12.0 Å². The van der Waals surface area contributed by atoms with Crippen molar-refractivity contribution in [3.8, 4) is 0 Å². The maximum absolute atomic E-state index is 5.80. The van der Waals surface area contributed by atoms with Crippen molar-refractivity contribution < 1.29 is 0 Å². The van der Waals surface area contributed by atoms with Crippen LogP contribution in [0, 0.1) is 11.8 Å². The number of nitrogens with one attached hydrogen (secondary N) is 1. The van der Waals surface area contributed by atoms with Gasteiger partial charge in [0.1, 0.15) is 0 Å². The predicted octanol–water partition coefficient (Wildman–Crippen LogP) is 1.98. The van der Waals surface area contributed by atoms with Crippen LogP contribution in [0.25, 0.3) is 0 Å². The molecule has 1 saturated carbocycles. The molecule has 0 heterocycles. The highest BCUT2D eigenvalue weighted by Crippen LogP contribution is 2.39. The Balaban J connectivity index is 2.94. The van der Waals surface area contributed by atoms with Crippen LogP contribution in [0.5, 0.6) is 0 Å². The molecule has 16 heavy (non-hydrogen) atoms. The topological polar surface area (TPSA) is 41.3 Å². The third kappa shape index (κ3) is 2.58. The standard InChI is InChI=1S/C13H29N3/c1-10(2)12(15-14)13(16(4)5)8-6-7-11(3)9-13/h10-12,15H,6-9,14H2,1-5H3. The van der Waals surface area contributed by atoms with E-state index in [2.05, 4.69) is 45.2 Å². The van der Waals surface area contributed by atoms with E-state index < -0.39 is 0 Å². The molecule has 1 fully saturated rings. The van der Waals surface area contributed by atoms with Gasteiger partial charge in [-0.2, -0.15) is 0 Å². The van der Waals surface area contributed by atoms with Crippen LogP contribution in [0.15, 0.2) is 0 Å². The van der Waals surface area contributed by atoms with E-state index in [0.717, 1.165) is 5.92 Å². The molecule has 0 aromatic rings. The minimum absolute atomic E-state index is 0.237. The van der Waals surface area contributed by atoms with Gasteiger partial charge in [-0.25, -0.2) is 0 Å². The van der Waals surface area contributed by atoms with Gasteiger partial charge in [0.2, 0.25) is 0 Å². The number of nitrogens with two attached hydrogens (primary N) is 1. The van der Waals surface area contributed by atoms with Gasteiger partial charge in [0, 0.05) is 11.6 Å². The molecule has 0 amide bonds. The molecule has 0 bridgehead atoms. The van der Waals surface area contributed by atoms with Crippen LogP contribution < -0.4 is 11.3 Å². The van der Waals surface area contributed by atoms with Gasteiger partial charge in [-0.3, -0.25) is 11.3 Å². The lowest BCUT2D eigenvalue weighted by molar-refractivity contribution is 0.0211. The Bertz CT molecular complexity index is 215. The lowest BCUT2D eigenvalue weighted by Gasteiger charge is -2.51. The lowest BCUT2D eigenvalue weighted by atomic mass is 9.69. The molecule has 0 saturated heterocycles. The fourth-order valence-corrected chi connectivity index (χ4v) is 3.50. The van der Waals surface area contributed by atoms with Crippen LogP contribution in [0.1, 0.15) is 46.5 Å². The molecule has 3 heteroatoms. The largest absolute Gasteiger partial charge is 0.302 e. The molecule has 0 aromatic carbocycles. The van der Waals surface area contributed by atoms with Crippen molar-refractivity contribution in [3.63, 3.8) is 0 Å².